The second-order valence-electron chi connectivity index (χ2n) is 21.7. The molecule has 2 aromatic heterocycles. The largest absolute Gasteiger partial charge is 0.416 e. The van der Waals surface area contributed by atoms with Crippen LogP contribution in [0.25, 0.3) is 111 Å². The van der Waals surface area contributed by atoms with Gasteiger partial charge in [-0.25, -0.2) is 0 Å². The van der Waals surface area contributed by atoms with Crippen molar-refractivity contribution in [1.29, 1.82) is 5.26 Å². The van der Waals surface area contributed by atoms with E-state index in [-0.39, 0.29) is 0 Å². The van der Waals surface area contributed by atoms with Gasteiger partial charge in [0.05, 0.1) is 50.6 Å². The number of alkyl halides is 3. The standard InChI is InChI=1S/C71H56F3N3/c1-40-18-41(2)23-54(22-40)50-10-14-64-60(35-50)61-36-51(55-24-42(3)19-43(4)25-55)11-15-65(61)76(64)68-32-49(39-75)33-69(70(68)58-30-48(9)31-59(34-58)71(72,73)74)77-66-16-12-52(56-26-44(5)20-45(6)27-56)37-62(66)63-38-53(13-17-67(63)77)57-28-46(7)21-47(8)29-57/h10-38H,1-9H3. The first kappa shape index (κ1) is 49.0. The van der Waals surface area contributed by atoms with E-state index >= 15 is 13.2 Å². The third-order valence-corrected chi connectivity index (χ3v) is 15.2. The van der Waals surface area contributed by atoms with Gasteiger partial charge in [0.15, 0.2) is 0 Å². The van der Waals surface area contributed by atoms with E-state index in [0.717, 1.165) is 133 Å². The summed E-state index contributed by atoms with van der Waals surface area (Å²) in [5.41, 5.74) is 23.5. The summed E-state index contributed by atoms with van der Waals surface area (Å²) in [5.74, 6) is 0. The fourth-order valence-corrected chi connectivity index (χ4v) is 12.3. The van der Waals surface area contributed by atoms with Crippen LogP contribution in [0, 0.1) is 73.6 Å². The van der Waals surface area contributed by atoms with E-state index in [1.807, 2.05) is 18.2 Å². The van der Waals surface area contributed by atoms with Crippen LogP contribution >= 0.6 is 0 Å². The maximum Gasteiger partial charge on any atom is 0.416 e. The Morgan fingerprint density at radius 2 is 0.584 bits per heavy atom. The number of nitriles is 1. The van der Waals surface area contributed by atoms with Crippen LogP contribution in [0.15, 0.2) is 176 Å². The van der Waals surface area contributed by atoms with Crippen LogP contribution in [-0.2, 0) is 6.18 Å². The Kier molecular flexibility index (Phi) is 11.7. The number of benzene rings is 10. The molecule has 0 amide bonds. The first-order valence-corrected chi connectivity index (χ1v) is 26.1. The molecule has 0 spiro atoms. The van der Waals surface area contributed by atoms with Gasteiger partial charge in [-0.15, -0.1) is 0 Å². The molecular weight excluding hydrogens is 952 g/mol. The molecule has 0 radical (unpaired) electrons. The molecule has 0 saturated heterocycles. The second-order valence-corrected chi connectivity index (χ2v) is 21.7. The molecule has 10 aromatic carbocycles. The number of halogens is 3. The third-order valence-electron chi connectivity index (χ3n) is 15.2. The molecule has 0 aliphatic rings. The average molecular weight is 1010 g/mol. The zero-order valence-corrected chi connectivity index (χ0v) is 44.7. The van der Waals surface area contributed by atoms with Crippen molar-refractivity contribution >= 4 is 43.6 Å². The molecule has 0 fully saturated rings. The van der Waals surface area contributed by atoms with Gasteiger partial charge in [-0.3, -0.25) is 0 Å². The number of fused-ring (bicyclic) bond motifs is 6. The van der Waals surface area contributed by atoms with Gasteiger partial charge >= 0.3 is 6.18 Å². The topological polar surface area (TPSA) is 33.6 Å². The van der Waals surface area contributed by atoms with Gasteiger partial charge in [-0.1, -0.05) is 148 Å². The van der Waals surface area contributed by atoms with Gasteiger partial charge in [0.25, 0.3) is 0 Å². The lowest BCUT2D eigenvalue weighted by Gasteiger charge is -2.22. The van der Waals surface area contributed by atoms with E-state index in [4.69, 9.17) is 0 Å². The van der Waals surface area contributed by atoms with E-state index in [0.29, 0.717) is 33.6 Å². The lowest BCUT2D eigenvalue weighted by molar-refractivity contribution is -0.137. The smallest absolute Gasteiger partial charge is 0.308 e. The van der Waals surface area contributed by atoms with Gasteiger partial charge in [0.2, 0.25) is 0 Å². The van der Waals surface area contributed by atoms with E-state index in [9.17, 15) is 5.26 Å². The van der Waals surface area contributed by atoms with Crippen LogP contribution < -0.4 is 0 Å². The van der Waals surface area contributed by atoms with Gasteiger partial charge in [-0.2, -0.15) is 18.4 Å². The number of aromatic nitrogens is 2. The lowest BCUT2D eigenvalue weighted by Crippen LogP contribution is -2.08. The first-order chi connectivity index (χ1) is 36.8. The molecule has 0 saturated carbocycles. The van der Waals surface area contributed by atoms with Crippen LogP contribution in [0.5, 0.6) is 0 Å². The maximum atomic E-state index is 15.2. The molecular formula is C71H56F3N3. The lowest BCUT2D eigenvalue weighted by atomic mass is 9.94. The zero-order valence-electron chi connectivity index (χ0n) is 44.7. The van der Waals surface area contributed by atoms with Crippen molar-refractivity contribution in [3.05, 3.63) is 237 Å². The molecule has 0 aliphatic carbocycles. The van der Waals surface area contributed by atoms with E-state index in [1.165, 1.54) is 12.1 Å². The minimum atomic E-state index is -4.63. The molecule has 0 unspecified atom stereocenters. The highest BCUT2D eigenvalue weighted by Crippen LogP contribution is 2.47. The zero-order chi connectivity index (χ0) is 53.8. The predicted octanol–water partition coefficient (Wildman–Crippen LogP) is 19.9. The molecule has 3 nitrogen and oxygen atoms in total. The second kappa shape index (κ2) is 18.4. The molecule has 12 aromatic rings. The number of aryl methyl sites for hydroxylation is 9. The summed E-state index contributed by atoms with van der Waals surface area (Å²) in [4.78, 5) is 0. The Labute approximate surface area is 447 Å². The summed E-state index contributed by atoms with van der Waals surface area (Å²) >= 11 is 0. The van der Waals surface area contributed by atoms with Crippen molar-refractivity contribution in [2.75, 3.05) is 0 Å². The van der Waals surface area contributed by atoms with Crippen LogP contribution in [0.3, 0.4) is 0 Å². The van der Waals surface area contributed by atoms with Crippen molar-refractivity contribution in [3.8, 4) is 73.1 Å². The van der Waals surface area contributed by atoms with Gasteiger partial charge < -0.3 is 9.13 Å². The molecule has 0 atom stereocenters. The minimum absolute atomic E-state index is 0.366. The SMILES string of the molecule is Cc1cc(C)cc(-c2ccc3c(c2)c2cc(-c4cc(C)cc(C)c4)ccc2n3-c2cc(C#N)cc(-n3c4ccc(-c5cc(C)cc(C)c5)cc4c4cc(-c5cc(C)cc(C)c5)ccc43)c2-c2cc(C)cc(C(F)(F)F)c2)c1. The maximum absolute atomic E-state index is 15.2. The van der Waals surface area contributed by atoms with E-state index in [1.54, 1.807) is 6.92 Å². The molecule has 2 heterocycles. The summed E-state index contributed by atoms with van der Waals surface area (Å²) in [5, 5.41) is 15.1. The summed E-state index contributed by atoms with van der Waals surface area (Å²) < 4.78 is 50.0. The van der Waals surface area contributed by atoms with Gasteiger partial charge in [0.1, 0.15) is 0 Å². The van der Waals surface area contributed by atoms with Crippen molar-refractivity contribution < 1.29 is 13.2 Å². The van der Waals surface area contributed by atoms with E-state index in [2.05, 4.69) is 216 Å². The number of hydrogen-bond acceptors (Lipinski definition) is 1. The highest BCUT2D eigenvalue weighted by Gasteiger charge is 2.32. The third kappa shape index (κ3) is 8.86. The van der Waals surface area contributed by atoms with Crippen molar-refractivity contribution in [1.82, 2.24) is 9.13 Å². The fourth-order valence-electron chi connectivity index (χ4n) is 12.3. The number of hydrogen-bond donors (Lipinski definition) is 0. The Balaban J connectivity index is 1.22. The molecule has 0 aliphatic heterocycles. The first-order valence-electron chi connectivity index (χ1n) is 26.1. The summed E-state index contributed by atoms with van der Waals surface area (Å²) in [7, 11) is 0. The highest BCUT2D eigenvalue weighted by atomic mass is 19.4. The summed E-state index contributed by atoms with van der Waals surface area (Å²) in [6.07, 6.45) is -4.63. The molecule has 6 heteroatoms. The van der Waals surface area contributed by atoms with Crippen LogP contribution in [0.2, 0.25) is 0 Å². The molecule has 376 valence electrons. The van der Waals surface area contributed by atoms with Crippen LogP contribution in [0.4, 0.5) is 13.2 Å². The van der Waals surface area contributed by atoms with Crippen molar-refractivity contribution in [2.45, 2.75) is 68.5 Å². The van der Waals surface area contributed by atoms with Crippen molar-refractivity contribution in [3.63, 3.8) is 0 Å². The Hall–Kier alpha value is -8.92. The van der Waals surface area contributed by atoms with E-state index < -0.39 is 11.7 Å². The molecule has 0 bridgehead atoms. The van der Waals surface area contributed by atoms with Crippen LogP contribution in [0.1, 0.15) is 61.2 Å². The quantitative estimate of drug-likeness (QED) is 0.157. The van der Waals surface area contributed by atoms with Crippen LogP contribution in [-0.4, -0.2) is 9.13 Å². The monoisotopic (exact) mass is 1010 g/mol. The normalized spacial score (nSPS) is 11.9. The molecule has 0 N–H and O–H groups in total. The summed E-state index contributed by atoms with van der Waals surface area (Å²) in [6.45, 7) is 18.6. The minimum Gasteiger partial charge on any atom is -0.308 e. The predicted molar refractivity (Wildman–Crippen MR) is 315 cm³/mol. The number of rotatable bonds is 7. The summed E-state index contributed by atoms with van der Waals surface area (Å²) in [6, 6.07) is 62.8. The average Bonchev–Trinajstić information content (AvgIpc) is 4.15. The molecule has 77 heavy (non-hydrogen) atoms. The Morgan fingerprint density at radius 1 is 0.312 bits per heavy atom. The van der Waals surface area contributed by atoms with Gasteiger partial charge in [-0.05, 0) is 191 Å². The number of nitrogens with zero attached hydrogens (tertiary/aromatic N) is 3. The highest BCUT2D eigenvalue weighted by molar-refractivity contribution is 6.14. The Morgan fingerprint density at radius 3 is 0.857 bits per heavy atom. The molecule has 12 rings (SSSR count). The Bertz CT molecular complexity index is 3950. The van der Waals surface area contributed by atoms with Gasteiger partial charge in [0, 0.05) is 27.1 Å². The fraction of sp³-hybridized carbons (Fsp3) is 0.141. The van der Waals surface area contributed by atoms with Crippen molar-refractivity contribution in [2.24, 2.45) is 0 Å².